The van der Waals surface area contributed by atoms with Gasteiger partial charge in [-0.05, 0) is 62.4 Å². The summed E-state index contributed by atoms with van der Waals surface area (Å²) in [5.74, 6) is 1.22. The Morgan fingerprint density at radius 1 is 1.48 bits per heavy atom. The van der Waals surface area contributed by atoms with Crippen LogP contribution in [0.3, 0.4) is 0 Å². The molecule has 1 aliphatic rings. The van der Waals surface area contributed by atoms with E-state index in [9.17, 15) is 4.79 Å². The van der Waals surface area contributed by atoms with Crippen LogP contribution in [0, 0.1) is 11.8 Å². The zero-order chi connectivity index (χ0) is 15.2. The molecule has 0 aromatic heterocycles. The summed E-state index contributed by atoms with van der Waals surface area (Å²) in [6.45, 7) is 6.40. The number of halogens is 1. The SMILES string of the molecule is CC(NC(=O)CC(C)C1CCCNC1)c1cccc(Br)c1. The van der Waals surface area contributed by atoms with Gasteiger partial charge in [-0.15, -0.1) is 0 Å². The molecule has 1 fully saturated rings. The van der Waals surface area contributed by atoms with Crippen molar-refractivity contribution in [3.63, 3.8) is 0 Å². The quantitative estimate of drug-likeness (QED) is 0.848. The molecule has 3 unspecified atom stereocenters. The Labute approximate surface area is 136 Å². The Hall–Kier alpha value is -0.870. The molecule has 1 aromatic carbocycles. The first-order chi connectivity index (χ1) is 10.1. The van der Waals surface area contributed by atoms with Crippen molar-refractivity contribution < 1.29 is 4.79 Å². The van der Waals surface area contributed by atoms with E-state index in [0.717, 1.165) is 23.1 Å². The number of carbonyl (C=O) groups excluding carboxylic acids is 1. The molecule has 1 heterocycles. The number of amides is 1. The smallest absolute Gasteiger partial charge is 0.220 e. The minimum Gasteiger partial charge on any atom is -0.350 e. The van der Waals surface area contributed by atoms with Crippen LogP contribution in [0.1, 0.15) is 44.7 Å². The molecule has 1 aliphatic heterocycles. The maximum absolute atomic E-state index is 12.2. The molecule has 0 radical (unpaired) electrons. The molecule has 0 saturated carbocycles. The molecule has 1 amide bonds. The molecule has 1 aromatic rings. The summed E-state index contributed by atoms with van der Waals surface area (Å²) in [7, 11) is 0. The van der Waals surface area contributed by atoms with E-state index in [4.69, 9.17) is 0 Å². The van der Waals surface area contributed by atoms with Crippen molar-refractivity contribution in [3.05, 3.63) is 34.3 Å². The fourth-order valence-corrected chi connectivity index (χ4v) is 3.40. The molecular formula is C17H25BrN2O. The summed E-state index contributed by atoms with van der Waals surface area (Å²) in [5, 5.41) is 6.54. The van der Waals surface area contributed by atoms with Gasteiger partial charge in [0.05, 0.1) is 6.04 Å². The van der Waals surface area contributed by atoms with Crippen molar-refractivity contribution in [2.24, 2.45) is 11.8 Å². The van der Waals surface area contributed by atoms with Gasteiger partial charge in [-0.3, -0.25) is 4.79 Å². The van der Waals surface area contributed by atoms with Crippen LogP contribution in [0.2, 0.25) is 0 Å². The first kappa shape index (κ1) is 16.5. The Morgan fingerprint density at radius 2 is 2.29 bits per heavy atom. The Kier molecular flexibility index (Phi) is 6.24. The molecule has 116 valence electrons. The van der Waals surface area contributed by atoms with Gasteiger partial charge in [0.25, 0.3) is 0 Å². The van der Waals surface area contributed by atoms with Crippen LogP contribution in [0.15, 0.2) is 28.7 Å². The largest absolute Gasteiger partial charge is 0.350 e. The van der Waals surface area contributed by atoms with Crippen LogP contribution < -0.4 is 10.6 Å². The topological polar surface area (TPSA) is 41.1 Å². The molecular weight excluding hydrogens is 328 g/mol. The van der Waals surface area contributed by atoms with Crippen molar-refractivity contribution in [2.75, 3.05) is 13.1 Å². The Morgan fingerprint density at radius 3 is 2.95 bits per heavy atom. The highest BCUT2D eigenvalue weighted by atomic mass is 79.9. The van der Waals surface area contributed by atoms with Gasteiger partial charge in [0.15, 0.2) is 0 Å². The number of hydrogen-bond donors (Lipinski definition) is 2. The molecule has 3 nitrogen and oxygen atoms in total. The van der Waals surface area contributed by atoms with Crippen LogP contribution in [-0.4, -0.2) is 19.0 Å². The lowest BCUT2D eigenvalue weighted by molar-refractivity contribution is -0.123. The van der Waals surface area contributed by atoms with E-state index in [0.29, 0.717) is 18.3 Å². The summed E-state index contributed by atoms with van der Waals surface area (Å²) in [4.78, 5) is 12.2. The average Bonchev–Trinajstić information content (AvgIpc) is 2.48. The third-order valence-corrected chi connectivity index (χ3v) is 4.87. The summed E-state index contributed by atoms with van der Waals surface area (Å²) in [5.41, 5.74) is 1.13. The minimum absolute atomic E-state index is 0.0479. The monoisotopic (exact) mass is 352 g/mol. The minimum atomic E-state index is 0.0479. The van der Waals surface area contributed by atoms with Crippen LogP contribution >= 0.6 is 15.9 Å². The fraction of sp³-hybridized carbons (Fsp3) is 0.588. The number of hydrogen-bond acceptors (Lipinski definition) is 2. The van der Waals surface area contributed by atoms with Crippen LogP contribution in [-0.2, 0) is 4.79 Å². The molecule has 0 spiro atoms. The molecule has 2 rings (SSSR count). The first-order valence-corrected chi connectivity index (χ1v) is 8.61. The maximum Gasteiger partial charge on any atom is 0.220 e. The van der Waals surface area contributed by atoms with Gasteiger partial charge in [-0.25, -0.2) is 0 Å². The van der Waals surface area contributed by atoms with Gasteiger partial charge in [0.1, 0.15) is 0 Å². The van der Waals surface area contributed by atoms with Crippen molar-refractivity contribution >= 4 is 21.8 Å². The molecule has 0 bridgehead atoms. The Balaban J connectivity index is 1.83. The summed E-state index contributed by atoms with van der Waals surface area (Å²) < 4.78 is 1.04. The van der Waals surface area contributed by atoms with E-state index < -0.39 is 0 Å². The molecule has 1 saturated heterocycles. The van der Waals surface area contributed by atoms with Crippen molar-refractivity contribution in [1.82, 2.24) is 10.6 Å². The molecule has 21 heavy (non-hydrogen) atoms. The molecule has 2 N–H and O–H groups in total. The van der Waals surface area contributed by atoms with E-state index in [-0.39, 0.29) is 11.9 Å². The third-order valence-electron chi connectivity index (χ3n) is 4.37. The second-order valence-electron chi connectivity index (χ2n) is 6.13. The zero-order valence-electron chi connectivity index (χ0n) is 12.9. The van der Waals surface area contributed by atoms with Crippen LogP contribution in [0.4, 0.5) is 0 Å². The second kappa shape index (κ2) is 7.95. The summed E-state index contributed by atoms with van der Waals surface area (Å²) >= 11 is 3.47. The lowest BCUT2D eigenvalue weighted by Crippen LogP contribution is -2.36. The number of nitrogens with one attached hydrogen (secondary N) is 2. The summed E-state index contributed by atoms with van der Waals surface area (Å²) in [6, 6.07) is 8.14. The van der Waals surface area contributed by atoms with E-state index in [1.54, 1.807) is 0 Å². The van der Waals surface area contributed by atoms with E-state index >= 15 is 0 Å². The lowest BCUT2D eigenvalue weighted by Gasteiger charge is -2.28. The predicted molar refractivity (Wildman–Crippen MR) is 90.1 cm³/mol. The molecule has 3 atom stereocenters. The van der Waals surface area contributed by atoms with Crippen LogP contribution in [0.25, 0.3) is 0 Å². The highest BCUT2D eigenvalue weighted by Gasteiger charge is 2.22. The van der Waals surface area contributed by atoms with Crippen molar-refractivity contribution in [3.8, 4) is 0 Å². The fourth-order valence-electron chi connectivity index (χ4n) is 2.98. The van der Waals surface area contributed by atoms with Gasteiger partial charge in [0.2, 0.25) is 5.91 Å². The van der Waals surface area contributed by atoms with Gasteiger partial charge >= 0.3 is 0 Å². The first-order valence-electron chi connectivity index (χ1n) is 7.82. The number of rotatable bonds is 5. The van der Waals surface area contributed by atoms with Gasteiger partial charge in [-0.2, -0.15) is 0 Å². The highest BCUT2D eigenvalue weighted by molar-refractivity contribution is 9.10. The Bertz CT molecular complexity index is 472. The highest BCUT2D eigenvalue weighted by Crippen LogP contribution is 2.23. The van der Waals surface area contributed by atoms with Gasteiger partial charge < -0.3 is 10.6 Å². The summed E-state index contributed by atoms with van der Waals surface area (Å²) in [6.07, 6.45) is 3.08. The van der Waals surface area contributed by atoms with Gasteiger partial charge in [-0.1, -0.05) is 35.0 Å². The predicted octanol–water partition coefficient (Wildman–Crippen LogP) is 3.65. The number of carbonyl (C=O) groups is 1. The van der Waals surface area contributed by atoms with Crippen molar-refractivity contribution in [2.45, 2.75) is 39.2 Å². The van der Waals surface area contributed by atoms with E-state index in [1.807, 2.05) is 25.1 Å². The van der Waals surface area contributed by atoms with E-state index in [1.165, 1.54) is 12.8 Å². The molecule has 0 aliphatic carbocycles. The standard InChI is InChI=1S/C17H25BrN2O/c1-12(15-6-4-8-19-11-15)9-17(21)20-13(2)14-5-3-7-16(18)10-14/h3,5,7,10,12-13,15,19H,4,6,8-9,11H2,1-2H3,(H,20,21). The van der Waals surface area contributed by atoms with E-state index in [2.05, 4.69) is 39.6 Å². The number of benzene rings is 1. The number of piperidine rings is 1. The second-order valence-corrected chi connectivity index (χ2v) is 7.05. The third kappa shape index (κ3) is 5.11. The van der Waals surface area contributed by atoms with Crippen LogP contribution in [0.5, 0.6) is 0 Å². The zero-order valence-corrected chi connectivity index (χ0v) is 14.4. The maximum atomic E-state index is 12.2. The average molecular weight is 353 g/mol. The normalized spacial score (nSPS) is 21.6. The van der Waals surface area contributed by atoms with Gasteiger partial charge in [0, 0.05) is 10.9 Å². The lowest BCUT2D eigenvalue weighted by atomic mass is 9.85. The van der Waals surface area contributed by atoms with Crippen molar-refractivity contribution in [1.29, 1.82) is 0 Å². The molecule has 4 heteroatoms.